The second-order valence-electron chi connectivity index (χ2n) is 17.1. The van der Waals surface area contributed by atoms with E-state index in [-0.39, 0.29) is 86.3 Å². The van der Waals surface area contributed by atoms with Crippen molar-refractivity contribution < 1.29 is 38.7 Å². The zero-order valence-corrected chi connectivity index (χ0v) is 36.6. The summed E-state index contributed by atoms with van der Waals surface area (Å²) in [6.07, 6.45) is 10.4. The standard InChI is InChI=1S/C46H59N9O8/c1-5-17-53(20-21-56)44(62)31-22-30-10-11-33(25-36(30)51-37(47)24-31)46(15-16-46)45(63)50-34-23-32-27-54(19-14-35(32)48-26-34)43(61)29(4)49-42(60)41(28(2)3)52-38(57)9-7-6-8-18-55-39(58)12-13-40(55)59/h10-13,22-23,25-26,28-29,41,56H,5-9,14-21,24,27H2,1-4H3,(H2,47,51)(H,49,60)(H,50,63)(H,52,57)/t29-,41-/m0/s1. The van der Waals surface area contributed by atoms with Gasteiger partial charge in [0, 0.05) is 81.0 Å². The number of unbranched alkanes of at least 4 members (excludes halogenated alkanes) is 2. The Morgan fingerprint density at radius 3 is 2.41 bits per heavy atom. The lowest BCUT2D eigenvalue weighted by molar-refractivity contribution is -0.138. The summed E-state index contributed by atoms with van der Waals surface area (Å²) in [4.78, 5) is 104. The van der Waals surface area contributed by atoms with Gasteiger partial charge in [-0.1, -0.05) is 39.3 Å². The fourth-order valence-corrected chi connectivity index (χ4v) is 8.24. The van der Waals surface area contributed by atoms with E-state index in [1.807, 2.05) is 45.0 Å². The first-order valence-electron chi connectivity index (χ1n) is 21.9. The molecule has 0 radical (unpaired) electrons. The van der Waals surface area contributed by atoms with E-state index >= 15 is 0 Å². The van der Waals surface area contributed by atoms with Gasteiger partial charge in [-0.05, 0) is 74.3 Å². The number of hydrogen-bond donors (Lipinski definition) is 5. The average molecular weight is 866 g/mol. The fraction of sp³-hybridized carbons (Fsp3) is 0.500. The number of hydrogen-bond acceptors (Lipinski definition) is 11. The molecule has 1 fully saturated rings. The maximum atomic E-state index is 13.9. The summed E-state index contributed by atoms with van der Waals surface area (Å²) in [7, 11) is 0. The molecule has 4 aliphatic rings. The molecule has 4 heterocycles. The van der Waals surface area contributed by atoms with Gasteiger partial charge in [0.25, 0.3) is 11.8 Å². The monoisotopic (exact) mass is 865 g/mol. The minimum absolute atomic E-state index is 0.142. The molecule has 17 nitrogen and oxygen atoms in total. The van der Waals surface area contributed by atoms with Gasteiger partial charge in [-0.25, -0.2) is 4.99 Å². The highest BCUT2D eigenvalue weighted by Crippen LogP contribution is 2.50. The Hall–Kier alpha value is -6.23. The second kappa shape index (κ2) is 20.3. The van der Waals surface area contributed by atoms with E-state index in [0.717, 1.165) is 23.2 Å². The van der Waals surface area contributed by atoms with Gasteiger partial charge >= 0.3 is 0 Å². The molecule has 1 aliphatic carbocycles. The SMILES string of the molecule is CCCN(CCO)C(=O)C1=Cc2ccc(C3(C(=O)Nc4cnc5c(c4)CN(C(=O)[C@H](C)NC(=O)[C@@H](NC(=O)CCCCCN4C(=O)C=CC4=O)C(C)C)CC5)CC3)cc2N=C(N)C1. The predicted octanol–water partition coefficient (Wildman–Crippen LogP) is 2.77. The molecule has 1 aromatic carbocycles. The molecule has 6 rings (SSSR count). The van der Waals surface area contributed by atoms with Crippen LogP contribution in [0.5, 0.6) is 0 Å². The molecule has 1 saturated carbocycles. The Kier molecular flexibility index (Phi) is 14.9. The number of fused-ring (bicyclic) bond motifs is 2. The summed E-state index contributed by atoms with van der Waals surface area (Å²) >= 11 is 0. The molecule has 2 atom stereocenters. The maximum Gasteiger partial charge on any atom is 0.253 e. The minimum atomic E-state index is -0.876. The number of aliphatic hydroxyl groups excluding tert-OH is 1. The topological polar surface area (TPSA) is 237 Å². The first-order chi connectivity index (χ1) is 30.1. The molecule has 1 aromatic heterocycles. The number of pyridine rings is 1. The van der Waals surface area contributed by atoms with Crippen molar-refractivity contribution in [2.75, 3.05) is 38.1 Å². The van der Waals surface area contributed by atoms with Crippen molar-refractivity contribution in [3.8, 4) is 0 Å². The maximum absolute atomic E-state index is 13.9. The van der Waals surface area contributed by atoms with Crippen LogP contribution in [0.2, 0.25) is 0 Å². The normalized spacial score (nSPS) is 17.2. The van der Waals surface area contributed by atoms with Gasteiger partial charge in [-0.2, -0.15) is 0 Å². The lowest BCUT2D eigenvalue weighted by Crippen LogP contribution is -2.55. The third-order valence-corrected chi connectivity index (χ3v) is 11.9. The van der Waals surface area contributed by atoms with Crippen molar-refractivity contribution in [2.45, 2.75) is 110 Å². The zero-order chi connectivity index (χ0) is 45.4. The molecule has 63 heavy (non-hydrogen) atoms. The number of nitrogens with one attached hydrogen (secondary N) is 3. The Morgan fingerprint density at radius 2 is 1.73 bits per heavy atom. The first-order valence-corrected chi connectivity index (χ1v) is 21.9. The van der Waals surface area contributed by atoms with E-state index in [1.165, 1.54) is 17.1 Å². The van der Waals surface area contributed by atoms with E-state index in [1.54, 1.807) is 29.0 Å². The van der Waals surface area contributed by atoms with Crippen LogP contribution >= 0.6 is 0 Å². The van der Waals surface area contributed by atoms with Gasteiger partial charge in [-0.15, -0.1) is 0 Å². The van der Waals surface area contributed by atoms with Gasteiger partial charge in [0.2, 0.25) is 29.5 Å². The summed E-state index contributed by atoms with van der Waals surface area (Å²) in [5, 5.41) is 18.1. The summed E-state index contributed by atoms with van der Waals surface area (Å²) in [6.45, 7) is 8.71. The van der Waals surface area contributed by atoms with E-state index < -0.39 is 23.4 Å². The number of anilines is 1. The van der Waals surface area contributed by atoms with Crippen LogP contribution in [0.25, 0.3) is 6.08 Å². The van der Waals surface area contributed by atoms with Crippen molar-refractivity contribution in [2.24, 2.45) is 16.6 Å². The van der Waals surface area contributed by atoms with Gasteiger partial charge < -0.3 is 36.6 Å². The Bertz CT molecular complexity index is 2210. The molecule has 3 aliphatic heterocycles. The molecule has 2 aromatic rings. The number of rotatable bonds is 19. The number of carbonyl (C=O) groups excluding carboxylic acids is 7. The van der Waals surface area contributed by atoms with Crippen molar-refractivity contribution >= 4 is 64.6 Å². The van der Waals surface area contributed by atoms with Crippen molar-refractivity contribution in [3.63, 3.8) is 0 Å². The van der Waals surface area contributed by atoms with E-state index in [4.69, 9.17) is 5.73 Å². The summed E-state index contributed by atoms with van der Waals surface area (Å²) < 4.78 is 0. The number of nitrogens with zero attached hydrogens (tertiary/aromatic N) is 5. The van der Waals surface area contributed by atoms with E-state index in [9.17, 15) is 38.7 Å². The van der Waals surface area contributed by atoms with Crippen LogP contribution in [-0.2, 0) is 51.9 Å². The number of amides is 7. The summed E-state index contributed by atoms with van der Waals surface area (Å²) in [5.41, 5.74) is 10.1. The van der Waals surface area contributed by atoms with Crippen LogP contribution in [0, 0.1) is 5.92 Å². The number of imide groups is 1. The highest BCUT2D eigenvalue weighted by molar-refractivity contribution is 6.13. The highest BCUT2D eigenvalue weighted by Gasteiger charge is 2.51. The molecule has 17 heteroatoms. The third-order valence-electron chi connectivity index (χ3n) is 11.9. The quantitative estimate of drug-likeness (QED) is 0.102. The number of amidine groups is 1. The Morgan fingerprint density at radius 1 is 0.984 bits per heavy atom. The average Bonchev–Trinajstić information content (AvgIpc) is 4.03. The highest BCUT2D eigenvalue weighted by atomic mass is 16.3. The smallest absolute Gasteiger partial charge is 0.253 e. The molecule has 6 N–H and O–H groups in total. The Labute approximate surface area is 367 Å². The van der Waals surface area contributed by atoms with Crippen LogP contribution in [0.3, 0.4) is 0 Å². The van der Waals surface area contributed by atoms with Crippen LogP contribution < -0.4 is 21.7 Å². The fourth-order valence-electron chi connectivity index (χ4n) is 8.24. The van der Waals surface area contributed by atoms with Crippen LogP contribution in [0.15, 0.2) is 53.2 Å². The van der Waals surface area contributed by atoms with Crippen molar-refractivity contribution in [1.29, 1.82) is 0 Å². The second-order valence-corrected chi connectivity index (χ2v) is 17.1. The lowest BCUT2D eigenvalue weighted by atomic mass is 9.92. The number of benzene rings is 1. The van der Waals surface area contributed by atoms with Gasteiger partial charge in [0.15, 0.2) is 0 Å². The molecule has 0 saturated heterocycles. The number of aliphatic imine (C=N–C) groups is 1. The van der Waals surface area contributed by atoms with Crippen molar-refractivity contribution in [3.05, 3.63) is 70.6 Å². The molecule has 7 amide bonds. The van der Waals surface area contributed by atoms with Crippen LogP contribution in [-0.4, -0.2) is 117 Å². The van der Waals surface area contributed by atoms with Gasteiger partial charge in [-0.3, -0.25) is 43.4 Å². The van der Waals surface area contributed by atoms with Crippen molar-refractivity contribution in [1.82, 2.24) is 30.3 Å². The minimum Gasteiger partial charge on any atom is -0.395 e. The lowest BCUT2D eigenvalue weighted by Gasteiger charge is -2.31. The molecule has 336 valence electrons. The predicted molar refractivity (Wildman–Crippen MR) is 236 cm³/mol. The van der Waals surface area contributed by atoms with Gasteiger partial charge in [0.1, 0.15) is 17.9 Å². The third kappa shape index (κ3) is 11.1. The first kappa shape index (κ1) is 46.3. The number of aromatic nitrogens is 1. The van der Waals surface area contributed by atoms with E-state index in [0.29, 0.717) is 74.1 Å². The zero-order valence-electron chi connectivity index (χ0n) is 36.6. The number of aliphatic hydroxyl groups is 1. The largest absolute Gasteiger partial charge is 0.395 e. The molecular weight excluding hydrogens is 807 g/mol. The summed E-state index contributed by atoms with van der Waals surface area (Å²) in [5.74, 6) is -2.10. The number of carbonyl (C=O) groups is 7. The van der Waals surface area contributed by atoms with Gasteiger partial charge in [0.05, 0.1) is 29.6 Å². The van der Waals surface area contributed by atoms with E-state index in [2.05, 4.69) is 25.9 Å². The van der Waals surface area contributed by atoms with Crippen LogP contribution in [0.4, 0.5) is 11.4 Å². The van der Waals surface area contributed by atoms with Crippen LogP contribution in [0.1, 0.15) is 101 Å². The number of nitrogens with two attached hydrogens (primary N) is 1. The molecule has 0 unspecified atom stereocenters. The molecule has 0 bridgehead atoms. The molecular formula is C46H59N9O8. The Balaban J connectivity index is 1.03. The summed E-state index contributed by atoms with van der Waals surface area (Å²) in [6, 6.07) is 5.69. The molecule has 0 spiro atoms.